The Kier molecular flexibility index (Phi) is 4.11. The van der Waals surface area contributed by atoms with Crippen LogP contribution >= 0.6 is 16.1 Å². The highest BCUT2D eigenvalue weighted by Crippen LogP contribution is 2.33. The summed E-state index contributed by atoms with van der Waals surface area (Å²) < 4.78 is 2.17. The van der Waals surface area contributed by atoms with Crippen molar-refractivity contribution in [2.24, 2.45) is 0 Å². The standard InChI is InChI=1S/C18H20BrN/c1-2-3-4-5-9-14-10-8-12-16-15-11-6-7-13-17(15)20(19)18(14)16/h6-8,10-13H,2-5,9H2,1H3. The molecule has 3 rings (SSSR count). The molecule has 1 aromatic heterocycles. The summed E-state index contributed by atoms with van der Waals surface area (Å²) in [5, 5.41) is 2.68. The molecule has 0 N–H and O–H groups in total. The number of hydrogen-bond acceptors (Lipinski definition) is 0. The van der Waals surface area contributed by atoms with Gasteiger partial charge in [0, 0.05) is 10.8 Å². The predicted octanol–water partition coefficient (Wildman–Crippen LogP) is 6.08. The maximum atomic E-state index is 3.74. The molecule has 0 amide bonds. The molecule has 0 spiro atoms. The van der Waals surface area contributed by atoms with Gasteiger partial charge in [0.15, 0.2) is 0 Å². The fraction of sp³-hybridized carbons (Fsp3) is 0.333. The summed E-state index contributed by atoms with van der Waals surface area (Å²) >= 11 is 3.74. The Hall–Kier alpha value is -1.28. The van der Waals surface area contributed by atoms with Crippen LogP contribution in [0.25, 0.3) is 21.8 Å². The average Bonchev–Trinajstić information content (AvgIpc) is 2.79. The molecule has 0 radical (unpaired) electrons. The number of para-hydroxylation sites is 2. The zero-order valence-electron chi connectivity index (χ0n) is 11.9. The third kappa shape index (κ3) is 2.37. The van der Waals surface area contributed by atoms with E-state index < -0.39 is 0 Å². The Bertz CT molecular complexity index is 727. The fourth-order valence-electron chi connectivity index (χ4n) is 2.98. The summed E-state index contributed by atoms with van der Waals surface area (Å²) in [6.07, 6.45) is 6.41. The third-order valence-electron chi connectivity index (χ3n) is 4.02. The molecule has 0 aliphatic carbocycles. The molecule has 104 valence electrons. The van der Waals surface area contributed by atoms with Crippen molar-refractivity contribution >= 4 is 38.0 Å². The van der Waals surface area contributed by atoms with E-state index in [2.05, 4.69) is 69.1 Å². The van der Waals surface area contributed by atoms with E-state index in [1.54, 1.807) is 0 Å². The second-order valence-corrected chi connectivity index (χ2v) is 6.13. The minimum Gasteiger partial charge on any atom is -0.276 e. The summed E-state index contributed by atoms with van der Waals surface area (Å²) in [7, 11) is 0. The average molecular weight is 330 g/mol. The van der Waals surface area contributed by atoms with Crippen LogP contribution in [0, 0.1) is 0 Å². The van der Waals surface area contributed by atoms with Gasteiger partial charge in [0.2, 0.25) is 0 Å². The predicted molar refractivity (Wildman–Crippen MR) is 91.6 cm³/mol. The van der Waals surface area contributed by atoms with Crippen molar-refractivity contribution in [1.82, 2.24) is 3.59 Å². The summed E-state index contributed by atoms with van der Waals surface area (Å²) in [6, 6.07) is 15.3. The number of aromatic nitrogens is 1. The lowest BCUT2D eigenvalue weighted by atomic mass is 10.0. The molecule has 0 saturated heterocycles. The highest BCUT2D eigenvalue weighted by molar-refractivity contribution is 9.08. The molecule has 0 unspecified atom stereocenters. The first-order chi connectivity index (χ1) is 9.83. The van der Waals surface area contributed by atoms with Crippen LogP contribution in [-0.2, 0) is 6.42 Å². The number of benzene rings is 2. The first kappa shape index (κ1) is 13.7. The molecule has 0 atom stereocenters. The van der Waals surface area contributed by atoms with Crippen LogP contribution in [0.4, 0.5) is 0 Å². The van der Waals surface area contributed by atoms with Crippen LogP contribution in [0.3, 0.4) is 0 Å². The molecule has 0 saturated carbocycles. The minimum absolute atomic E-state index is 1.17. The number of unbranched alkanes of at least 4 members (excludes halogenated alkanes) is 3. The molecule has 0 aliphatic heterocycles. The van der Waals surface area contributed by atoms with Crippen LogP contribution in [0.1, 0.15) is 38.2 Å². The van der Waals surface area contributed by atoms with Gasteiger partial charge in [-0.15, -0.1) is 0 Å². The van der Waals surface area contributed by atoms with Crippen molar-refractivity contribution in [1.29, 1.82) is 0 Å². The molecule has 2 aromatic carbocycles. The summed E-state index contributed by atoms with van der Waals surface area (Å²) in [6.45, 7) is 2.26. The highest BCUT2D eigenvalue weighted by Gasteiger charge is 2.11. The van der Waals surface area contributed by atoms with Gasteiger partial charge in [-0.3, -0.25) is 3.59 Å². The van der Waals surface area contributed by atoms with E-state index in [1.807, 2.05) is 0 Å². The highest BCUT2D eigenvalue weighted by atomic mass is 79.9. The van der Waals surface area contributed by atoms with E-state index in [9.17, 15) is 0 Å². The van der Waals surface area contributed by atoms with Gasteiger partial charge in [0.1, 0.15) is 0 Å². The molecule has 1 nitrogen and oxygen atoms in total. The second-order valence-electron chi connectivity index (χ2n) is 5.42. The van der Waals surface area contributed by atoms with Gasteiger partial charge < -0.3 is 0 Å². The molecule has 0 bridgehead atoms. The van der Waals surface area contributed by atoms with Gasteiger partial charge >= 0.3 is 0 Å². The summed E-state index contributed by atoms with van der Waals surface area (Å²) in [4.78, 5) is 0. The SMILES string of the molecule is CCCCCCc1cccc2c3ccccc3n(Br)c12. The lowest BCUT2D eigenvalue weighted by Crippen LogP contribution is -1.90. The molecular weight excluding hydrogens is 310 g/mol. The second kappa shape index (κ2) is 6.01. The Morgan fingerprint density at radius 3 is 2.55 bits per heavy atom. The van der Waals surface area contributed by atoms with E-state index in [0.29, 0.717) is 0 Å². The largest absolute Gasteiger partial charge is 0.276 e. The number of aryl methyl sites for hydroxylation is 1. The summed E-state index contributed by atoms with van der Waals surface area (Å²) in [5.41, 5.74) is 4.04. The number of hydrogen-bond donors (Lipinski definition) is 0. The van der Waals surface area contributed by atoms with Crippen LogP contribution in [0.2, 0.25) is 0 Å². The van der Waals surface area contributed by atoms with Crippen molar-refractivity contribution < 1.29 is 0 Å². The fourth-order valence-corrected chi connectivity index (χ4v) is 3.71. The quantitative estimate of drug-likeness (QED) is 0.500. The molecule has 0 aliphatic rings. The topological polar surface area (TPSA) is 4.93 Å². The van der Waals surface area contributed by atoms with Crippen molar-refractivity contribution in [3.8, 4) is 0 Å². The van der Waals surface area contributed by atoms with E-state index in [0.717, 1.165) is 0 Å². The van der Waals surface area contributed by atoms with Crippen LogP contribution in [0.15, 0.2) is 42.5 Å². The Morgan fingerprint density at radius 2 is 1.70 bits per heavy atom. The molecule has 0 fully saturated rings. The zero-order chi connectivity index (χ0) is 13.9. The smallest absolute Gasteiger partial charge is 0.0636 e. The normalized spacial score (nSPS) is 11.5. The van der Waals surface area contributed by atoms with E-state index >= 15 is 0 Å². The zero-order valence-corrected chi connectivity index (χ0v) is 13.5. The Balaban J connectivity index is 2.05. The monoisotopic (exact) mass is 329 g/mol. The van der Waals surface area contributed by atoms with Gasteiger partial charge in [-0.25, -0.2) is 0 Å². The van der Waals surface area contributed by atoms with Gasteiger partial charge in [0.25, 0.3) is 0 Å². The van der Waals surface area contributed by atoms with Crippen molar-refractivity contribution in [2.75, 3.05) is 0 Å². The lowest BCUT2D eigenvalue weighted by Gasteiger charge is -2.05. The van der Waals surface area contributed by atoms with E-state index in [4.69, 9.17) is 0 Å². The number of rotatable bonds is 5. The maximum absolute atomic E-state index is 3.74. The first-order valence-electron chi connectivity index (χ1n) is 7.50. The van der Waals surface area contributed by atoms with Gasteiger partial charge in [-0.05, 0) is 24.5 Å². The van der Waals surface area contributed by atoms with Gasteiger partial charge in [0.05, 0.1) is 27.2 Å². The number of halogens is 1. The molecule has 2 heteroatoms. The molecule has 20 heavy (non-hydrogen) atoms. The molecular formula is C18H20BrN. The van der Waals surface area contributed by atoms with Gasteiger partial charge in [-0.2, -0.15) is 0 Å². The lowest BCUT2D eigenvalue weighted by molar-refractivity contribution is 0.668. The number of fused-ring (bicyclic) bond motifs is 3. The Labute approximate surface area is 128 Å². The van der Waals surface area contributed by atoms with Crippen LogP contribution in [0.5, 0.6) is 0 Å². The Morgan fingerprint density at radius 1 is 0.900 bits per heavy atom. The van der Waals surface area contributed by atoms with Crippen LogP contribution < -0.4 is 0 Å². The van der Waals surface area contributed by atoms with Crippen molar-refractivity contribution in [3.63, 3.8) is 0 Å². The van der Waals surface area contributed by atoms with Crippen molar-refractivity contribution in [2.45, 2.75) is 39.0 Å². The van der Waals surface area contributed by atoms with Crippen molar-refractivity contribution in [3.05, 3.63) is 48.0 Å². The number of nitrogens with zero attached hydrogens (tertiary/aromatic N) is 1. The van der Waals surface area contributed by atoms with E-state index in [1.165, 1.54) is 59.5 Å². The first-order valence-corrected chi connectivity index (χ1v) is 8.21. The molecule has 3 aromatic rings. The third-order valence-corrected chi connectivity index (χ3v) is 4.76. The van der Waals surface area contributed by atoms with Gasteiger partial charge in [-0.1, -0.05) is 62.6 Å². The van der Waals surface area contributed by atoms with Crippen LogP contribution in [-0.4, -0.2) is 3.59 Å². The summed E-state index contributed by atoms with van der Waals surface area (Å²) in [5.74, 6) is 0. The minimum atomic E-state index is 1.17. The molecule has 1 heterocycles. The maximum Gasteiger partial charge on any atom is 0.0636 e. The van der Waals surface area contributed by atoms with E-state index in [-0.39, 0.29) is 0 Å².